The van der Waals surface area contributed by atoms with Crippen LogP contribution < -0.4 is 14.8 Å². The van der Waals surface area contributed by atoms with Crippen molar-refractivity contribution in [2.45, 2.75) is 44.6 Å². The van der Waals surface area contributed by atoms with Gasteiger partial charge >= 0.3 is 0 Å². The van der Waals surface area contributed by atoms with Crippen LogP contribution in [0, 0.1) is 17.8 Å². The van der Waals surface area contributed by atoms with Crippen LogP contribution in [0.1, 0.15) is 49.3 Å². The van der Waals surface area contributed by atoms with E-state index in [0.29, 0.717) is 12.8 Å². The molecule has 5 rings (SSSR count). The van der Waals surface area contributed by atoms with E-state index in [-0.39, 0.29) is 0 Å². The van der Waals surface area contributed by atoms with Gasteiger partial charge in [0, 0.05) is 6.04 Å². The molecule has 0 radical (unpaired) electrons. The molecule has 2 saturated carbocycles. The zero-order chi connectivity index (χ0) is 13.8. The quantitative estimate of drug-likeness (QED) is 0.903. The van der Waals surface area contributed by atoms with Gasteiger partial charge in [-0.25, -0.2) is 0 Å². The van der Waals surface area contributed by atoms with Gasteiger partial charge in [-0.1, -0.05) is 6.42 Å². The van der Waals surface area contributed by atoms with Gasteiger partial charge in [-0.15, -0.1) is 0 Å². The minimum Gasteiger partial charge on any atom is -0.454 e. The van der Waals surface area contributed by atoms with Crippen LogP contribution in [0.5, 0.6) is 11.5 Å². The highest BCUT2D eigenvalue weighted by Gasteiger charge is 2.40. The molecule has 112 valence electrons. The Labute approximate surface area is 126 Å². The van der Waals surface area contributed by atoms with Crippen LogP contribution in [0.3, 0.4) is 0 Å². The predicted octanol–water partition coefficient (Wildman–Crippen LogP) is 3.43. The topological polar surface area (TPSA) is 30.5 Å². The molecule has 2 bridgehead atoms. The predicted molar refractivity (Wildman–Crippen MR) is 80.6 cm³/mol. The standard InChI is InChI=1S/C18H23NO2/c1-2-12-5-11(1)6-14(12)7-16-15-9-18-17(20-10-21-18)8-13(15)3-4-19-16/h8-9,11-12,14,16,19H,1-7,10H2. The summed E-state index contributed by atoms with van der Waals surface area (Å²) in [5, 5.41) is 3.76. The molecule has 0 aromatic heterocycles. The van der Waals surface area contributed by atoms with Crippen LogP contribution >= 0.6 is 0 Å². The Hall–Kier alpha value is -1.22. The van der Waals surface area contributed by atoms with E-state index in [1.807, 2.05) is 0 Å². The highest BCUT2D eigenvalue weighted by molar-refractivity contribution is 5.50. The maximum Gasteiger partial charge on any atom is 0.231 e. The Morgan fingerprint density at radius 2 is 2.00 bits per heavy atom. The summed E-state index contributed by atoms with van der Waals surface area (Å²) in [6, 6.07) is 4.97. The number of rotatable bonds is 2. The molecule has 0 saturated heterocycles. The summed E-state index contributed by atoms with van der Waals surface area (Å²) < 4.78 is 11.1. The SMILES string of the molecule is c1c2c(cc3c1OCO3)C(CC1CC3CCC1C3)NCC2. The minimum absolute atomic E-state index is 0.378. The number of nitrogens with one attached hydrogen (secondary N) is 1. The zero-order valence-electron chi connectivity index (χ0n) is 12.4. The first-order valence-electron chi connectivity index (χ1n) is 8.52. The summed E-state index contributed by atoms with van der Waals surface area (Å²) in [6.07, 6.45) is 8.38. The molecule has 2 heterocycles. The summed E-state index contributed by atoms with van der Waals surface area (Å²) in [5.41, 5.74) is 2.93. The van der Waals surface area contributed by atoms with Crippen molar-refractivity contribution in [2.75, 3.05) is 13.3 Å². The van der Waals surface area contributed by atoms with E-state index in [0.717, 1.165) is 42.2 Å². The molecule has 4 aliphatic rings. The van der Waals surface area contributed by atoms with Crippen molar-refractivity contribution in [1.82, 2.24) is 5.32 Å². The molecule has 2 fully saturated rings. The lowest BCUT2D eigenvalue weighted by molar-refractivity contribution is 0.174. The van der Waals surface area contributed by atoms with Gasteiger partial charge in [0.25, 0.3) is 0 Å². The second-order valence-corrected chi connectivity index (χ2v) is 7.33. The van der Waals surface area contributed by atoms with E-state index in [2.05, 4.69) is 17.4 Å². The average Bonchev–Trinajstić information content (AvgIpc) is 3.21. The molecule has 2 aliphatic heterocycles. The van der Waals surface area contributed by atoms with Crippen LogP contribution in [-0.2, 0) is 6.42 Å². The van der Waals surface area contributed by atoms with E-state index in [4.69, 9.17) is 9.47 Å². The normalized spacial score (nSPS) is 36.0. The van der Waals surface area contributed by atoms with E-state index in [1.54, 1.807) is 0 Å². The fourth-order valence-corrected chi connectivity index (χ4v) is 5.21. The first-order chi connectivity index (χ1) is 10.4. The van der Waals surface area contributed by atoms with Crippen molar-refractivity contribution in [2.24, 2.45) is 17.8 Å². The number of ether oxygens (including phenoxy) is 2. The van der Waals surface area contributed by atoms with Gasteiger partial charge in [0.2, 0.25) is 6.79 Å². The summed E-state index contributed by atoms with van der Waals surface area (Å²) in [4.78, 5) is 0. The van der Waals surface area contributed by atoms with Crippen LogP contribution in [-0.4, -0.2) is 13.3 Å². The second kappa shape index (κ2) is 4.64. The zero-order valence-corrected chi connectivity index (χ0v) is 12.4. The summed E-state index contributed by atoms with van der Waals surface area (Å²) in [7, 11) is 0. The molecule has 2 aliphatic carbocycles. The van der Waals surface area contributed by atoms with Crippen molar-refractivity contribution in [1.29, 1.82) is 0 Å². The van der Waals surface area contributed by atoms with E-state index >= 15 is 0 Å². The second-order valence-electron chi connectivity index (χ2n) is 7.33. The molecular formula is C18H23NO2. The lowest BCUT2D eigenvalue weighted by atomic mass is 9.80. The molecular weight excluding hydrogens is 262 g/mol. The van der Waals surface area contributed by atoms with Gasteiger partial charge in [-0.2, -0.15) is 0 Å². The summed E-state index contributed by atoms with van der Waals surface area (Å²) in [6.45, 7) is 1.47. The van der Waals surface area contributed by atoms with Crippen molar-refractivity contribution in [3.63, 3.8) is 0 Å². The smallest absolute Gasteiger partial charge is 0.231 e. The number of fused-ring (bicyclic) bond motifs is 4. The first kappa shape index (κ1) is 12.3. The first-order valence-corrected chi connectivity index (χ1v) is 8.52. The maximum absolute atomic E-state index is 5.58. The number of hydrogen-bond acceptors (Lipinski definition) is 3. The fourth-order valence-electron chi connectivity index (χ4n) is 5.21. The Morgan fingerprint density at radius 1 is 1.10 bits per heavy atom. The van der Waals surface area contributed by atoms with Gasteiger partial charge < -0.3 is 14.8 Å². The van der Waals surface area contributed by atoms with Gasteiger partial charge in [0.1, 0.15) is 0 Å². The van der Waals surface area contributed by atoms with Gasteiger partial charge in [0.15, 0.2) is 11.5 Å². The van der Waals surface area contributed by atoms with Gasteiger partial charge in [-0.05, 0) is 79.7 Å². The monoisotopic (exact) mass is 285 g/mol. The molecule has 1 aromatic carbocycles. The molecule has 21 heavy (non-hydrogen) atoms. The number of benzene rings is 1. The molecule has 3 nitrogen and oxygen atoms in total. The molecule has 4 atom stereocenters. The molecule has 1 aromatic rings. The van der Waals surface area contributed by atoms with Crippen molar-refractivity contribution >= 4 is 0 Å². The summed E-state index contributed by atoms with van der Waals surface area (Å²) in [5.74, 6) is 4.87. The molecule has 4 unspecified atom stereocenters. The summed E-state index contributed by atoms with van der Waals surface area (Å²) >= 11 is 0. The Kier molecular flexibility index (Phi) is 2.72. The Morgan fingerprint density at radius 3 is 2.81 bits per heavy atom. The Bertz CT molecular complexity index is 571. The van der Waals surface area contributed by atoms with E-state index in [1.165, 1.54) is 43.2 Å². The highest BCUT2D eigenvalue weighted by atomic mass is 16.7. The van der Waals surface area contributed by atoms with Crippen molar-refractivity contribution in [3.8, 4) is 11.5 Å². The maximum atomic E-state index is 5.58. The van der Waals surface area contributed by atoms with Crippen LogP contribution in [0.25, 0.3) is 0 Å². The number of hydrogen-bond donors (Lipinski definition) is 1. The largest absolute Gasteiger partial charge is 0.454 e. The highest BCUT2D eigenvalue weighted by Crippen LogP contribution is 2.51. The lowest BCUT2D eigenvalue weighted by Crippen LogP contribution is -2.32. The van der Waals surface area contributed by atoms with Crippen molar-refractivity contribution < 1.29 is 9.47 Å². The van der Waals surface area contributed by atoms with Crippen LogP contribution in [0.15, 0.2) is 12.1 Å². The third-order valence-corrected chi connectivity index (χ3v) is 6.22. The van der Waals surface area contributed by atoms with Crippen LogP contribution in [0.2, 0.25) is 0 Å². The third-order valence-electron chi connectivity index (χ3n) is 6.22. The molecule has 0 spiro atoms. The molecule has 1 N–H and O–H groups in total. The van der Waals surface area contributed by atoms with Crippen molar-refractivity contribution in [3.05, 3.63) is 23.3 Å². The fraction of sp³-hybridized carbons (Fsp3) is 0.667. The minimum atomic E-state index is 0.378. The Balaban J connectivity index is 1.42. The van der Waals surface area contributed by atoms with E-state index < -0.39 is 0 Å². The third kappa shape index (κ3) is 1.97. The van der Waals surface area contributed by atoms with Crippen LogP contribution in [0.4, 0.5) is 0 Å². The van der Waals surface area contributed by atoms with Gasteiger partial charge in [0.05, 0.1) is 0 Å². The lowest BCUT2D eigenvalue weighted by Gasteiger charge is -2.32. The molecule has 0 amide bonds. The molecule has 3 heteroatoms. The van der Waals surface area contributed by atoms with E-state index in [9.17, 15) is 0 Å². The average molecular weight is 285 g/mol. The van der Waals surface area contributed by atoms with Gasteiger partial charge in [-0.3, -0.25) is 0 Å².